The number of hydrogen-bond donors (Lipinski definition) is 1. The summed E-state index contributed by atoms with van der Waals surface area (Å²) in [6.45, 7) is 7.37. The second-order valence-electron chi connectivity index (χ2n) is 6.53. The SMILES string of the molecule is CCOc1cc(-n2cc(C#N)c(N)c2C(=O)OC)c(OCC)cc1N1CCOCC1. The Labute approximate surface area is 175 Å². The van der Waals surface area contributed by atoms with Crippen LogP contribution in [0.4, 0.5) is 11.4 Å². The van der Waals surface area contributed by atoms with E-state index >= 15 is 0 Å². The molecule has 1 aliphatic rings. The number of nitrogens with zero attached hydrogens (tertiary/aromatic N) is 3. The molecular formula is C21H26N4O5. The van der Waals surface area contributed by atoms with E-state index in [2.05, 4.69) is 4.90 Å². The smallest absolute Gasteiger partial charge is 0.357 e. The van der Waals surface area contributed by atoms with E-state index in [1.165, 1.54) is 17.9 Å². The molecule has 0 spiro atoms. The number of methoxy groups -OCH3 is 1. The number of carbonyl (C=O) groups excluding carboxylic acids is 1. The molecule has 3 rings (SSSR count). The molecule has 0 saturated carbocycles. The lowest BCUT2D eigenvalue weighted by Gasteiger charge is -2.31. The number of esters is 1. The quantitative estimate of drug-likeness (QED) is 0.687. The molecule has 2 aromatic rings. The van der Waals surface area contributed by atoms with Crippen molar-refractivity contribution in [2.24, 2.45) is 0 Å². The summed E-state index contributed by atoms with van der Waals surface area (Å²) in [5.74, 6) is 0.526. The van der Waals surface area contributed by atoms with Crippen LogP contribution in [0, 0.1) is 11.3 Å². The van der Waals surface area contributed by atoms with Gasteiger partial charge in [-0.3, -0.25) is 0 Å². The van der Waals surface area contributed by atoms with E-state index in [0.717, 1.165) is 18.8 Å². The number of aromatic nitrogens is 1. The van der Waals surface area contributed by atoms with Gasteiger partial charge in [-0.1, -0.05) is 0 Å². The van der Waals surface area contributed by atoms with Crippen molar-refractivity contribution in [2.45, 2.75) is 13.8 Å². The number of hydrogen-bond acceptors (Lipinski definition) is 8. The monoisotopic (exact) mass is 414 g/mol. The van der Waals surface area contributed by atoms with Crippen LogP contribution in [0.25, 0.3) is 5.69 Å². The van der Waals surface area contributed by atoms with Crippen LogP contribution in [0.2, 0.25) is 0 Å². The number of carbonyl (C=O) groups is 1. The number of benzene rings is 1. The molecule has 0 unspecified atom stereocenters. The van der Waals surface area contributed by atoms with Crippen molar-refractivity contribution in [3.8, 4) is 23.3 Å². The minimum absolute atomic E-state index is 0.0574. The van der Waals surface area contributed by atoms with Crippen LogP contribution < -0.4 is 20.1 Å². The number of anilines is 2. The summed E-state index contributed by atoms with van der Waals surface area (Å²) in [4.78, 5) is 14.6. The highest BCUT2D eigenvalue weighted by atomic mass is 16.5. The molecule has 0 amide bonds. The maximum atomic E-state index is 12.4. The van der Waals surface area contributed by atoms with Crippen LogP contribution in [0.3, 0.4) is 0 Å². The molecule has 0 atom stereocenters. The maximum Gasteiger partial charge on any atom is 0.357 e. The van der Waals surface area contributed by atoms with Crippen molar-refractivity contribution in [2.75, 3.05) is 57.3 Å². The molecule has 9 heteroatoms. The van der Waals surface area contributed by atoms with Crippen molar-refractivity contribution in [1.29, 1.82) is 5.26 Å². The summed E-state index contributed by atoms with van der Waals surface area (Å²) in [7, 11) is 1.27. The van der Waals surface area contributed by atoms with Crippen molar-refractivity contribution in [3.63, 3.8) is 0 Å². The average Bonchev–Trinajstić information content (AvgIpc) is 3.11. The molecule has 2 N–H and O–H groups in total. The third-order valence-electron chi connectivity index (χ3n) is 4.80. The second kappa shape index (κ2) is 9.41. The number of morpholine rings is 1. The number of rotatable bonds is 7. The molecule has 1 fully saturated rings. The van der Waals surface area contributed by atoms with Gasteiger partial charge in [-0.25, -0.2) is 4.79 Å². The van der Waals surface area contributed by atoms with Gasteiger partial charge in [0.2, 0.25) is 0 Å². The van der Waals surface area contributed by atoms with Gasteiger partial charge >= 0.3 is 5.97 Å². The van der Waals surface area contributed by atoms with Crippen LogP contribution in [0.5, 0.6) is 11.5 Å². The molecule has 1 saturated heterocycles. The lowest BCUT2D eigenvalue weighted by atomic mass is 10.2. The van der Waals surface area contributed by atoms with Gasteiger partial charge in [-0.05, 0) is 13.8 Å². The van der Waals surface area contributed by atoms with Crippen LogP contribution >= 0.6 is 0 Å². The minimum atomic E-state index is -0.647. The van der Waals surface area contributed by atoms with E-state index in [9.17, 15) is 10.1 Å². The first kappa shape index (κ1) is 21.3. The fraction of sp³-hybridized carbons (Fsp3) is 0.429. The molecule has 1 aromatic carbocycles. The number of nitrogens with two attached hydrogens (primary N) is 1. The van der Waals surface area contributed by atoms with E-state index in [-0.39, 0.29) is 16.9 Å². The van der Waals surface area contributed by atoms with Crippen LogP contribution in [0.15, 0.2) is 18.3 Å². The molecule has 2 heterocycles. The van der Waals surface area contributed by atoms with Gasteiger partial charge in [0.05, 0.1) is 56.2 Å². The molecule has 0 bridgehead atoms. The van der Waals surface area contributed by atoms with E-state index in [1.807, 2.05) is 26.0 Å². The molecule has 9 nitrogen and oxygen atoms in total. The van der Waals surface area contributed by atoms with Gasteiger partial charge in [0.15, 0.2) is 5.69 Å². The van der Waals surface area contributed by atoms with Gasteiger partial charge in [-0.2, -0.15) is 5.26 Å². The Kier molecular flexibility index (Phi) is 6.69. The zero-order valence-electron chi connectivity index (χ0n) is 17.4. The standard InChI is InChI=1S/C21H26N4O5/c1-4-29-17-11-16(25-13-14(12-22)19(23)20(25)21(26)27-3)18(30-5-2)10-15(17)24-6-8-28-9-7-24/h10-11,13H,4-9,23H2,1-3H3. The molecular weight excluding hydrogens is 388 g/mol. The van der Waals surface area contributed by atoms with Gasteiger partial charge in [0.25, 0.3) is 0 Å². The number of nitriles is 1. The zero-order valence-corrected chi connectivity index (χ0v) is 17.4. The predicted octanol–water partition coefficient (Wildman–Crippen LogP) is 2.35. The van der Waals surface area contributed by atoms with E-state index < -0.39 is 5.97 Å². The fourth-order valence-electron chi connectivity index (χ4n) is 3.42. The predicted molar refractivity (Wildman–Crippen MR) is 112 cm³/mol. The largest absolute Gasteiger partial charge is 0.492 e. The molecule has 0 radical (unpaired) electrons. The van der Waals surface area contributed by atoms with Crippen molar-refractivity contribution >= 4 is 17.3 Å². The van der Waals surface area contributed by atoms with Crippen LogP contribution in [-0.2, 0) is 9.47 Å². The molecule has 160 valence electrons. The average molecular weight is 414 g/mol. The Morgan fingerprint density at radius 2 is 1.77 bits per heavy atom. The fourth-order valence-corrected chi connectivity index (χ4v) is 3.42. The molecule has 1 aromatic heterocycles. The Bertz CT molecular complexity index is 957. The Balaban J connectivity index is 2.23. The zero-order chi connectivity index (χ0) is 21.7. The molecule has 1 aliphatic heterocycles. The highest BCUT2D eigenvalue weighted by molar-refractivity contribution is 5.96. The first-order valence-corrected chi connectivity index (χ1v) is 9.81. The highest BCUT2D eigenvalue weighted by Gasteiger charge is 2.26. The molecule has 0 aliphatic carbocycles. The lowest BCUT2D eigenvalue weighted by molar-refractivity contribution is 0.0593. The second-order valence-corrected chi connectivity index (χ2v) is 6.53. The van der Waals surface area contributed by atoms with Crippen LogP contribution in [0.1, 0.15) is 29.9 Å². The summed E-state index contributed by atoms with van der Waals surface area (Å²) in [5.41, 5.74) is 7.77. The topological polar surface area (TPSA) is 112 Å². The van der Waals surface area contributed by atoms with Gasteiger partial charge in [-0.15, -0.1) is 0 Å². The van der Waals surface area contributed by atoms with E-state index in [1.54, 1.807) is 6.07 Å². The third kappa shape index (κ3) is 4.00. The summed E-state index contributed by atoms with van der Waals surface area (Å²) >= 11 is 0. The highest BCUT2D eigenvalue weighted by Crippen LogP contribution is 2.40. The summed E-state index contributed by atoms with van der Waals surface area (Å²) < 4.78 is 23.7. The number of ether oxygens (including phenoxy) is 4. The van der Waals surface area contributed by atoms with E-state index in [0.29, 0.717) is 43.6 Å². The first-order valence-electron chi connectivity index (χ1n) is 9.81. The minimum Gasteiger partial charge on any atom is -0.492 e. The third-order valence-corrected chi connectivity index (χ3v) is 4.80. The number of nitrogen functional groups attached to an aromatic ring is 1. The van der Waals surface area contributed by atoms with Gasteiger partial charge in [0, 0.05) is 31.4 Å². The first-order chi connectivity index (χ1) is 14.5. The van der Waals surface area contributed by atoms with Gasteiger partial charge in [0.1, 0.15) is 17.6 Å². The Hall–Kier alpha value is -3.38. The van der Waals surface area contributed by atoms with Crippen molar-refractivity contribution in [3.05, 3.63) is 29.6 Å². The summed E-state index contributed by atoms with van der Waals surface area (Å²) in [6, 6.07) is 5.70. The van der Waals surface area contributed by atoms with Gasteiger partial charge < -0.3 is 34.1 Å². The summed E-state index contributed by atoms with van der Waals surface area (Å²) in [5, 5.41) is 9.41. The van der Waals surface area contributed by atoms with Crippen molar-refractivity contribution in [1.82, 2.24) is 4.57 Å². The lowest BCUT2D eigenvalue weighted by Crippen LogP contribution is -2.36. The van der Waals surface area contributed by atoms with E-state index in [4.69, 9.17) is 24.7 Å². The van der Waals surface area contributed by atoms with Crippen LogP contribution in [-0.4, -0.2) is 57.2 Å². The Morgan fingerprint density at radius 1 is 1.17 bits per heavy atom. The molecule has 30 heavy (non-hydrogen) atoms. The normalized spacial score (nSPS) is 13.6. The Morgan fingerprint density at radius 3 is 2.33 bits per heavy atom. The van der Waals surface area contributed by atoms with Crippen molar-refractivity contribution < 1.29 is 23.7 Å². The maximum absolute atomic E-state index is 12.4. The summed E-state index contributed by atoms with van der Waals surface area (Å²) in [6.07, 6.45) is 1.50.